The van der Waals surface area contributed by atoms with E-state index in [1.165, 1.54) is 51.4 Å². The quantitative estimate of drug-likeness (QED) is 0.0204. The molecule has 316 valence electrons. The van der Waals surface area contributed by atoms with E-state index in [-0.39, 0.29) is 31.6 Å². The van der Waals surface area contributed by atoms with Crippen molar-refractivity contribution in [2.45, 2.75) is 187 Å². The van der Waals surface area contributed by atoms with Crippen LogP contribution in [0.2, 0.25) is 0 Å². The van der Waals surface area contributed by atoms with E-state index in [0.717, 1.165) is 83.5 Å². The number of carbonyl (C=O) groups is 3. The minimum atomic E-state index is -0.819. The van der Waals surface area contributed by atoms with E-state index in [2.05, 4.69) is 63.3 Å². The van der Waals surface area contributed by atoms with Crippen LogP contribution in [-0.4, -0.2) is 37.2 Å². The van der Waals surface area contributed by atoms with Gasteiger partial charge in [0.25, 0.3) is 0 Å². The van der Waals surface area contributed by atoms with Crippen molar-refractivity contribution in [2.75, 3.05) is 13.2 Å². The second-order valence-corrected chi connectivity index (χ2v) is 14.3. The van der Waals surface area contributed by atoms with Gasteiger partial charge in [-0.25, -0.2) is 0 Å². The number of allylic oxidation sites excluding steroid dienone is 16. The van der Waals surface area contributed by atoms with Gasteiger partial charge in [-0.1, -0.05) is 182 Å². The predicted octanol–water partition coefficient (Wildman–Crippen LogP) is 14.2. The van der Waals surface area contributed by atoms with Crippen molar-refractivity contribution in [1.29, 1.82) is 0 Å². The van der Waals surface area contributed by atoms with E-state index in [1.807, 2.05) is 54.7 Å². The minimum absolute atomic E-state index is 0.115. The molecule has 0 saturated carbocycles. The lowest BCUT2D eigenvalue weighted by molar-refractivity contribution is -0.167. The molecule has 0 radical (unpaired) electrons. The Kier molecular flexibility index (Phi) is 41.2. The van der Waals surface area contributed by atoms with Crippen LogP contribution in [0.3, 0.4) is 0 Å². The Bertz CT molecular complexity index is 1170. The van der Waals surface area contributed by atoms with Crippen LogP contribution in [0.25, 0.3) is 0 Å². The molecule has 6 nitrogen and oxygen atoms in total. The Morgan fingerprint density at radius 1 is 0.393 bits per heavy atom. The van der Waals surface area contributed by atoms with Crippen LogP contribution in [0.1, 0.15) is 181 Å². The number of rotatable bonds is 38. The van der Waals surface area contributed by atoms with E-state index in [0.29, 0.717) is 19.3 Å². The number of hydrogen-bond acceptors (Lipinski definition) is 6. The van der Waals surface area contributed by atoms with Gasteiger partial charge in [0.2, 0.25) is 0 Å². The van der Waals surface area contributed by atoms with Crippen molar-refractivity contribution in [1.82, 2.24) is 0 Å². The van der Waals surface area contributed by atoms with Gasteiger partial charge in [-0.2, -0.15) is 0 Å². The zero-order chi connectivity index (χ0) is 40.8. The molecule has 0 N–H and O–H groups in total. The summed E-state index contributed by atoms with van der Waals surface area (Å²) in [5.74, 6) is -1.02. The molecule has 0 bridgehead atoms. The smallest absolute Gasteiger partial charge is 0.306 e. The Labute approximate surface area is 343 Å². The molecule has 56 heavy (non-hydrogen) atoms. The van der Waals surface area contributed by atoms with Crippen LogP contribution >= 0.6 is 0 Å². The van der Waals surface area contributed by atoms with Gasteiger partial charge < -0.3 is 14.2 Å². The fraction of sp³-hybridized carbons (Fsp3) is 0.620. The van der Waals surface area contributed by atoms with Gasteiger partial charge in [0.15, 0.2) is 6.10 Å². The van der Waals surface area contributed by atoms with Crippen molar-refractivity contribution in [2.24, 2.45) is 0 Å². The maximum Gasteiger partial charge on any atom is 0.306 e. The van der Waals surface area contributed by atoms with E-state index >= 15 is 0 Å². The molecule has 0 aliphatic rings. The minimum Gasteiger partial charge on any atom is -0.462 e. The highest BCUT2D eigenvalue weighted by atomic mass is 16.6. The van der Waals surface area contributed by atoms with Crippen LogP contribution in [0.5, 0.6) is 0 Å². The van der Waals surface area contributed by atoms with E-state index < -0.39 is 12.1 Å². The van der Waals surface area contributed by atoms with Crippen LogP contribution in [0, 0.1) is 0 Å². The van der Waals surface area contributed by atoms with Gasteiger partial charge in [-0.15, -0.1) is 0 Å². The first-order chi connectivity index (χ1) is 27.5. The van der Waals surface area contributed by atoms with Gasteiger partial charge in [0.05, 0.1) is 0 Å². The molecule has 0 spiro atoms. The highest BCUT2D eigenvalue weighted by Crippen LogP contribution is 2.12. The summed E-state index contributed by atoms with van der Waals surface area (Å²) in [6.45, 7) is 6.24. The van der Waals surface area contributed by atoms with E-state index in [4.69, 9.17) is 14.2 Å². The zero-order valence-electron chi connectivity index (χ0n) is 35.9. The monoisotopic (exact) mass is 777 g/mol. The van der Waals surface area contributed by atoms with Crippen LogP contribution in [0.4, 0.5) is 0 Å². The number of carbonyl (C=O) groups excluding carboxylic acids is 3. The number of hydrogen-bond donors (Lipinski definition) is 0. The zero-order valence-corrected chi connectivity index (χ0v) is 35.9. The third-order valence-corrected chi connectivity index (χ3v) is 8.93. The van der Waals surface area contributed by atoms with Gasteiger partial charge in [-0.3, -0.25) is 14.4 Å². The maximum absolute atomic E-state index is 12.7. The summed E-state index contributed by atoms with van der Waals surface area (Å²) in [6, 6.07) is 0. The Hall–Kier alpha value is -3.67. The van der Waals surface area contributed by atoms with E-state index in [1.54, 1.807) is 0 Å². The predicted molar refractivity (Wildman–Crippen MR) is 237 cm³/mol. The van der Waals surface area contributed by atoms with Crippen molar-refractivity contribution >= 4 is 17.9 Å². The fourth-order valence-electron chi connectivity index (χ4n) is 5.61. The summed E-state index contributed by atoms with van der Waals surface area (Å²) in [5, 5.41) is 0. The standard InChI is InChI=1S/C50H80O6/c1-4-7-10-13-16-19-22-24-26-28-31-34-37-40-43-49(52)55-46-47(45-54-48(51)42-39-36-33-30-27-21-18-15-12-9-6-3)56-50(53)44-41-38-35-32-29-25-23-20-17-14-11-8-5-2/h7-8,10-11,14-20,23,25,29,32,35,47H,4-6,9,12-13,21-22,24,26-28,30-31,33-34,36-46H2,1-3H3/b10-7-,11-8-,17-14-,18-15-,19-16-,23-20-,29-25-,35-32-. The van der Waals surface area contributed by atoms with Gasteiger partial charge in [0, 0.05) is 19.3 Å². The largest absolute Gasteiger partial charge is 0.462 e. The second-order valence-electron chi connectivity index (χ2n) is 14.3. The molecule has 6 heteroatoms. The van der Waals surface area contributed by atoms with Gasteiger partial charge in [-0.05, 0) is 77.0 Å². The second kappa shape index (κ2) is 44.0. The van der Waals surface area contributed by atoms with Crippen LogP contribution in [-0.2, 0) is 28.6 Å². The summed E-state index contributed by atoms with van der Waals surface area (Å²) in [5.41, 5.74) is 0. The Morgan fingerprint density at radius 3 is 1.34 bits per heavy atom. The molecule has 0 rings (SSSR count). The lowest BCUT2D eigenvalue weighted by atomic mass is 10.1. The molecule has 0 aliphatic carbocycles. The van der Waals surface area contributed by atoms with Crippen molar-refractivity contribution in [3.05, 3.63) is 97.2 Å². The molecular formula is C50H80O6. The molecule has 1 unspecified atom stereocenters. The lowest BCUT2D eigenvalue weighted by Crippen LogP contribution is -2.30. The summed E-state index contributed by atoms with van der Waals surface area (Å²) < 4.78 is 16.6. The highest BCUT2D eigenvalue weighted by molar-refractivity contribution is 5.71. The van der Waals surface area contributed by atoms with Crippen LogP contribution in [0.15, 0.2) is 97.2 Å². The van der Waals surface area contributed by atoms with E-state index in [9.17, 15) is 14.4 Å². The summed E-state index contributed by atoms with van der Waals surface area (Å²) in [4.78, 5) is 37.7. The molecule has 0 aromatic carbocycles. The first kappa shape index (κ1) is 52.3. The van der Waals surface area contributed by atoms with Gasteiger partial charge >= 0.3 is 17.9 Å². The first-order valence-electron chi connectivity index (χ1n) is 22.3. The van der Waals surface area contributed by atoms with Crippen molar-refractivity contribution < 1.29 is 28.6 Å². The highest BCUT2D eigenvalue weighted by Gasteiger charge is 2.19. The summed E-state index contributed by atoms with van der Waals surface area (Å²) >= 11 is 0. The molecule has 1 atom stereocenters. The summed E-state index contributed by atoms with van der Waals surface area (Å²) in [6.07, 6.45) is 56.8. The molecule has 0 heterocycles. The molecule has 0 aromatic rings. The van der Waals surface area contributed by atoms with Crippen molar-refractivity contribution in [3.8, 4) is 0 Å². The normalized spacial score (nSPS) is 13.0. The van der Waals surface area contributed by atoms with Crippen molar-refractivity contribution in [3.63, 3.8) is 0 Å². The van der Waals surface area contributed by atoms with Gasteiger partial charge in [0.1, 0.15) is 13.2 Å². The Morgan fingerprint density at radius 2 is 0.804 bits per heavy atom. The molecule has 0 saturated heterocycles. The SMILES string of the molecule is CC\C=C/C=C\C=C/C=C\C=C/CCCC(=O)OC(COC(=O)CCCCCCC/C=C\CCCC)COC(=O)CCCCCCCCC/C=C\C/C=C\CC. The maximum atomic E-state index is 12.7. The molecule has 0 aromatic heterocycles. The Balaban J connectivity index is 4.53. The average molecular weight is 777 g/mol. The third-order valence-electron chi connectivity index (χ3n) is 8.93. The molecule has 0 aliphatic heterocycles. The molecular weight excluding hydrogens is 697 g/mol. The number of ether oxygens (including phenoxy) is 3. The number of esters is 3. The van der Waals surface area contributed by atoms with Crippen LogP contribution < -0.4 is 0 Å². The number of unbranched alkanes of at least 4 members (excludes halogenated alkanes) is 15. The first-order valence-corrected chi connectivity index (χ1v) is 22.3. The topological polar surface area (TPSA) is 78.9 Å². The average Bonchev–Trinajstić information content (AvgIpc) is 3.19. The third kappa shape index (κ3) is 41.5. The molecule has 0 fully saturated rings. The molecule has 0 amide bonds. The fourth-order valence-corrected chi connectivity index (χ4v) is 5.61. The lowest BCUT2D eigenvalue weighted by Gasteiger charge is -2.18. The summed E-state index contributed by atoms with van der Waals surface area (Å²) in [7, 11) is 0.